The van der Waals surface area contributed by atoms with Crippen LogP contribution in [0, 0.1) is 17.0 Å². The van der Waals surface area contributed by atoms with E-state index in [4.69, 9.17) is 11.6 Å². The molecule has 0 bridgehead atoms. The highest BCUT2D eigenvalue weighted by atomic mass is 35.5. The van der Waals surface area contributed by atoms with E-state index in [1.807, 2.05) is 0 Å². The molecule has 2 aliphatic heterocycles. The van der Waals surface area contributed by atoms with Crippen LogP contribution in [0.4, 0.5) is 8.78 Å². The minimum atomic E-state index is -0.780. The standard InChI is InChI=1S/C15H14ClF2N3O/c16-11-8(17)1-2-9-10(11)12(18)13(20-9)14(22)21-4-3-15(7-21)5-19-6-15/h1-2,19-20H,3-7H2. The SMILES string of the molecule is O=C(c1[nH]c2ccc(F)c(Cl)c2c1F)N1CCC2(CNC2)C1. The second-order valence-electron chi connectivity index (χ2n) is 6.18. The molecule has 2 saturated heterocycles. The molecule has 0 atom stereocenters. The van der Waals surface area contributed by atoms with E-state index in [9.17, 15) is 13.6 Å². The van der Waals surface area contributed by atoms with Crippen molar-refractivity contribution in [2.75, 3.05) is 26.2 Å². The number of carbonyl (C=O) groups is 1. The largest absolute Gasteiger partial charge is 0.348 e. The number of benzene rings is 1. The van der Waals surface area contributed by atoms with Crippen LogP contribution in [-0.4, -0.2) is 42.0 Å². The van der Waals surface area contributed by atoms with Crippen LogP contribution < -0.4 is 5.32 Å². The quantitative estimate of drug-likeness (QED) is 0.846. The number of nitrogens with zero attached hydrogens (tertiary/aromatic N) is 1. The Hall–Kier alpha value is -1.66. The minimum absolute atomic E-state index is 0.0655. The van der Waals surface area contributed by atoms with Gasteiger partial charge in [0, 0.05) is 31.6 Å². The van der Waals surface area contributed by atoms with Crippen molar-refractivity contribution in [1.29, 1.82) is 0 Å². The van der Waals surface area contributed by atoms with E-state index in [2.05, 4.69) is 10.3 Å². The predicted molar refractivity (Wildman–Crippen MR) is 79.0 cm³/mol. The third kappa shape index (κ3) is 1.87. The van der Waals surface area contributed by atoms with Crippen LogP contribution in [0.1, 0.15) is 16.9 Å². The molecular weight excluding hydrogens is 312 g/mol. The summed E-state index contributed by atoms with van der Waals surface area (Å²) in [6, 6.07) is 2.54. The fraction of sp³-hybridized carbons (Fsp3) is 0.400. The van der Waals surface area contributed by atoms with Crippen molar-refractivity contribution in [3.05, 3.63) is 34.5 Å². The summed E-state index contributed by atoms with van der Waals surface area (Å²) < 4.78 is 28.0. The molecule has 116 valence electrons. The molecule has 1 aromatic carbocycles. The number of amides is 1. The van der Waals surface area contributed by atoms with Crippen molar-refractivity contribution in [3.63, 3.8) is 0 Å². The van der Waals surface area contributed by atoms with Gasteiger partial charge in [0.25, 0.3) is 5.91 Å². The van der Waals surface area contributed by atoms with Gasteiger partial charge in [-0.05, 0) is 18.6 Å². The molecule has 0 radical (unpaired) electrons. The van der Waals surface area contributed by atoms with Gasteiger partial charge in [0.1, 0.15) is 11.5 Å². The van der Waals surface area contributed by atoms with Crippen molar-refractivity contribution in [2.24, 2.45) is 5.41 Å². The number of carbonyl (C=O) groups excluding carboxylic acids is 1. The molecule has 0 saturated carbocycles. The molecule has 22 heavy (non-hydrogen) atoms. The lowest BCUT2D eigenvalue weighted by Gasteiger charge is -2.38. The summed E-state index contributed by atoms with van der Waals surface area (Å²) in [6.45, 7) is 3.01. The number of rotatable bonds is 1. The summed E-state index contributed by atoms with van der Waals surface area (Å²) in [4.78, 5) is 16.9. The van der Waals surface area contributed by atoms with Crippen molar-refractivity contribution >= 4 is 28.4 Å². The molecule has 2 fully saturated rings. The van der Waals surface area contributed by atoms with E-state index >= 15 is 0 Å². The number of likely N-dealkylation sites (tertiary alicyclic amines) is 1. The molecule has 1 aromatic heterocycles. The molecule has 2 N–H and O–H groups in total. The Balaban J connectivity index is 1.70. The Morgan fingerprint density at radius 3 is 2.73 bits per heavy atom. The highest BCUT2D eigenvalue weighted by Crippen LogP contribution is 2.36. The molecule has 4 rings (SSSR count). The maximum absolute atomic E-state index is 14.5. The molecular formula is C15H14ClF2N3O. The molecule has 4 nitrogen and oxygen atoms in total. The highest BCUT2D eigenvalue weighted by Gasteiger charge is 2.45. The predicted octanol–water partition coefficient (Wildman–Crippen LogP) is 2.54. The van der Waals surface area contributed by atoms with Crippen molar-refractivity contribution in [3.8, 4) is 0 Å². The molecule has 0 unspecified atom stereocenters. The van der Waals surface area contributed by atoms with Gasteiger partial charge in [-0.1, -0.05) is 11.6 Å². The lowest BCUT2D eigenvalue weighted by atomic mass is 9.81. The first-order valence-electron chi connectivity index (χ1n) is 7.16. The Labute approximate surface area is 130 Å². The fourth-order valence-electron chi connectivity index (χ4n) is 3.37. The molecule has 0 aliphatic carbocycles. The zero-order valence-electron chi connectivity index (χ0n) is 11.7. The zero-order valence-corrected chi connectivity index (χ0v) is 12.4. The summed E-state index contributed by atoms with van der Waals surface area (Å²) in [7, 11) is 0. The van der Waals surface area contributed by atoms with E-state index in [-0.39, 0.29) is 21.5 Å². The van der Waals surface area contributed by atoms with Gasteiger partial charge in [-0.25, -0.2) is 8.78 Å². The third-order valence-electron chi connectivity index (χ3n) is 4.73. The number of hydrogen-bond donors (Lipinski definition) is 2. The molecule has 2 aromatic rings. The minimum Gasteiger partial charge on any atom is -0.348 e. The Kier molecular flexibility index (Phi) is 2.96. The molecule has 1 spiro atoms. The van der Waals surface area contributed by atoms with Gasteiger partial charge < -0.3 is 15.2 Å². The van der Waals surface area contributed by atoms with Gasteiger partial charge in [-0.3, -0.25) is 4.79 Å². The van der Waals surface area contributed by atoms with E-state index in [1.165, 1.54) is 6.07 Å². The smallest absolute Gasteiger partial charge is 0.273 e. The zero-order chi connectivity index (χ0) is 15.5. The van der Waals surface area contributed by atoms with Crippen LogP contribution in [0.3, 0.4) is 0 Å². The van der Waals surface area contributed by atoms with E-state index in [1.54, 1.807) is 4.90 Å². The van der Waals surface area contributed by atoms with Gasteiger partial charge in [-0.15, -0.1) is 0 Å². The molecule has 1 amide bonds. The lowest BCUT2D eigenvalue weighted by Crippen LogP contribution is -2.55. The number of aromatic nitrogens is 1. The van der Waals surface area contributed by atoms with Crippen LogP contribution >= 0.6 is 11.6 Å². The summed E-state index contributed by atoms with van der Waals surface area (Å²) in [5.41, 5.74) is 0.320. The summed E-state index contributed by atoms with van der Waals surface area (Å²) in [5, 5.41) is 2.85. The van der Waals surface area contributed by atoms with Gasteiger partial charge in [-0.2, -0.15) is 0 Å². The number of nitrogens with one attached hydrogen (secondary N) is 2. The second-order valence-corrected chi connectivity index (χ2v) is 6.56. The summed E-state index contributed by atoms with van der Waals surface area (Å²) >= 11 is 5.82. The normalized spacial score (nSPS) is 19.9. The average Bonchev–Trinajstić information content (AvgIpc) is 3.05. The highest BCUT2D eigenvalue weighted by molar-refractivity contribution is 6.35. The van der Waals surface area contributed by atoms with Gasteiger partial charge >= 0.3 is 0 Å². The van der Waals surface area contributed by atoms with Crippen molar-refractivity contribution in [1.82, 2.24) is 15.2 Å². The Bertz CT molecular complexity index is 785. The van der Waals surface area contributed by atoms with Gasteiger partial charge in [0.15, 0.2) is 5.82 Å². The van der Waals surface area contributed by atoms with Crippen molar-refractivity contribution < 1.29 is 13.6 Å². The van der Waals surface area contributed by atoms with Crippen LogP contribution in [0.2, 0.25) is 5.02 Å². The van der Waals surface area contributed by atoms with Crippen LogP contribution in [0.15, 0.2) is 12.1 Å². The third-order valence-corrected chi connectivity index (χ3v) is 5.10. The summed E-state index contributed by atoms with van der Waals surface area (Å²) in [6.07, 6.45) is 0.920. The Morgan fingerprint density at radius 1 is 1.32 bits per heavy atom. The van der Waals surface area contributed by atoms with Crippen LogP contribution in [-0.2, 0) is 0 Å². The molecule has 3 heterocycles. The number of hydrogen-bond acceptors (Lipinski definition) is 2. The van der Waals surface area contributed by atoms with Crippen LogP contribution in [0.25, 0.3) is 10.9 Å². The number of H-pyrrole nitrogens is 1. The molecule has 7 heteroatoms. The fourth-order valence-corrected chi connectivity index (χ4v) is 3.61. The maximum atomic E-state index is 14.5. The molecule has 2 aliphatic rings. The monoisotopic (exact) mass is 325 g/mol. The number of halogens is 3. The number of aromatic amines is 1. The second kappa shape index (κ2) is 4.67. The van der Waals surface area contributed by atoms with Crippen molar-refractivity contribution in [2.45, 2.75) is 6.42 Å². The first-order chi connectivity index (χ1) is 10.5. The van der Waals surface area contributed by atoms with Gasteiger partial charge in [0.05, 0.1) is 15.9 Å². The first-order valence-corrected chi connectivity index (χ1v) is 7.54. The van der Waals surface area contributed by atoms with E-state index in [0.29, 0.717) is 18.6 Å². The lowest BCUT2D eigenvalue weighted by molar-refractivity contribution is 0.0742. The summed E-state index contributed by atoms with van der Waals surface area (Å²) in [5.74, 6) is -1.88. The first kappa shape index (κ1) is 14.0. The average molecular weight is 326 g/mol. The maximum Gasteiger partial charge on any atom is 0.273 e. The van der Waals surface area contributed by atoms with E-state index < -0.39 is 17.5 Å². The number of fused-ring (bicyclic) bond motifs is 1. The Morgan fingerprint density at radius 2 is 2.09 bits per heavy atom. The topological polar surface area (TPSA) is 48.1 Å². The van der Waals surface area contributed by atoms with Crippen LogP contribution in [0.5, 0.6) is 0 Å². The van der Waals surface area contributed by atoms with Gasteiger partial charge in [0.2, 0.25) is 0 Å². The van der Waals surface area contributed by atoms with E-state index in [0.717, 1.165) is 25.6 Å².